The zero-order chi connectivity index (χ0) is 14.5. The molecule has 108 valence electrons. The van der Waals surface area contributed by atoms with E-state index in [4.69, 9.17) is 26.8 Å². The van der Waals surface area contributed by atoms with E-state index in [0.717, 1.165) is 21.3 Å². The smallest absolute Gasteiger partial charge is 0.180 e. The van der Waals surface area contributed by atoms with Gasteiger partial charge >= 0.3 is 0 Å². The molecule has 0 saturated heterocycles. The number of thiophene rings is 1. The van der Waals surface area contributed by atoms with E-state index in [-0.39, 0.29) is 0 Å². The molecule has 0 aliphatic carbocycles. The van der Waals surface area contributed by atoms with Crippen LogP contribution in [0.15, 0.2) is 28.1 Å². The minimum absolute atomic E-state index is 0.449. The Kier molecular flexibility index (Phi) is 5.72. The van der Waals surface area contributed by atoms with Gasteiger partial charge in [0.15, 0.2) is 11.5 Å². The second-order valence-electron chi connectivity index (χ2n) is 4.13. The molecule has 0 saturated carbocycles. The van der Waals surface area contributed by atoms with Gasteiger partial charge in [0.2, 0.25) is 0 Å². The highest BCUT2D eigenvalue weighted by Gasteiger charge is 2.13. The third-order valence-corrected chi connectivity index (χ3v) is 4.94. The van der Waals surface area contributed by atoms with Crippen LogP contribution in [-0.4, -0.2) is 13.7 Å². The van der Waals surface area contributed by atoms with Gasteiger partial charge in [0.1, 0.15) is 6.61 Å². The standard InChI is InChI=1S/C14H15BrClNO2S/c1-18-12-7-9(2-4-17)6-11(16)14(12)19-8-13-10(15)3-5-20-13/h3,5-7H,2,4,8,17H2,1H3. The summed E-state index contributed by atoms with van der Waals surface area (Å²) in [4.78, 5) is 1.11. The minimum atomic E-state index is 0.449. The van der Waals surface area contributed by atoms with Gasteiger partial charge in [-0.05, 0) is 58.0 Å². The summed E-state index contributed by atoms with van der Waals surface area (Å²) in [5, 5.41) is 2.55. The van der Waals surface area contributed by atoms with Crippen LogP contribution in [0.5, 0.6) is 11.5 Å². The van der Waals surface area contributed by atoms with Crippen LogP contribution in [0, 0.1) is 0 Å². The van der Waals surface area contributed by atoms with E-state index in [1.807, 2.05) is 23.6 Å². The second kappa shape index (κ2) is 7.31. The average Bonchev–Trinajstić information content (AvgIpc) is 2.83. The van der Waals surface area contributed by atoms with Crippen molar-refractivity contribution in [1.29, 1.82) is 0 Å². The first-order valence-corrected chi connectivity index (χ1v) is 8.12. The van der Waals surface area contributed by atoms with Gasteiger partial charge in [0.05, 0.1) is 17.0 Å². The van der Waals surface area contributed by atoms with E-state index >= 15 is 0 Å². The number of nitrogens with two attached hydrogens (primary N) is 1. The number of benzene rings is 1. The molecule has 2 aromatic rings. The predicted molar refractivity (Wildman–Crippen MR) is 87.1 cm³/mol. The molecule has 1 aromatic heterocycles. The highest BCUT2D eigenvalue weighted by Crippen LogP contribution is 2.37. The molecule has 0 fully saturated rings. The number of hydrogen-bond acceptors (Lipinski definition) is 4. The summed E-state index contributed by atoms with van der Waals surface area (Å²) in [6, 6.07) is 5.78. The minimum Gasteiger partial charge on any atom is -0.493 e. The normalized spacial score (nSPS) is 10.6. The van der Waals surface area contributed by atoms with E-state index < -0.39 is 0 Å². The van der Waals surface area contributed by atoms with Crippen LogP contribution < -0.4 is 15.2 Å². The highest BCUT2D eigenvalue weighted by atomic mass is 79.9. The molecule has 2 N–H and O–H groups in total. The maximum atomic E-state index is 6.27. The van der Waals surface area contributed by atoms with Crippen LogP contribution in [-0.2, 0) is 13.0 Å². The van der Waals surface area contributed by atoms with Crippen molar-refractivity contribution in [2.75, 3.05) is 13.7 Å². The van der Waals surface area contributed by atoms with Crippen molar-refractivity contribution >= 4 is 38.9 Å². The number of rotatable bonds is 6. The molecule has 0 radical (unpaired) electrons. The Morgan fingerprint density at radius 3 is 2.80 bits per heavy atom. The summed E-state index contributed by atoms with van der Waals surface area (Å²) in [5.74, 6) is 1.20. The first-order chi connectivity index (χ1) is 9.65. The van der Waals surface area contributed by atoms with Crippen molar-refractivity contribution in [1.82, 2.24) is 0 Å². The van der Waals surface area contributed by atoms with Crippen molar-refractivity contribution in [3.8, 4) is 11.5 Å². The van der Waals surface area contributed by atoms with Gasteiger partial charge in [-0.15, -0.1) is 11.3 Å². The van der Waals surface area contributed by atoms with Gasteiger partial charge in [0.25, 0.3) is 0 Å². The van der Waals surface area contributed by atoms with Crippen molar-refractivity contribution < 1.29 is 9.47 Å². The lowest BCUT2D eigenvalue weighted by Gasteiger charge is -2.13. The summed E-state index contributed by atoms with van der Waals surface area (Å²) in [6.45, 7) is 1.02. The molecule has 1 heterocycles. The molecule has 0 bridgehead atoms. The zero-order valence-corrected chi connectivity index (χ0v) is 14.1. The van der Waals surface area contributed by atoms with Gasteiger partial charge in [-0.25, -0.2) is 0 Å². The number of methoxy groups -OCH3 is 1. The molecular weight excluding hydrogens is 362 g/mol. The van der Waals surface area contributed by atoms with Crippen molar-refractivity contribution in [3.05, 3.63) is 43.5 Å². The summed E-state index contributed by atoms with van der Waals surface area (Å²) in [7, 11) is 1.60. The number of ether oxygens (including phenoxy) is 2. The lowest BCUT2D eigenvalue weighted by atomic mass is 10.1. The Morgan fingerprint density at radius 2 is 2.20 bits per heavy atom. The van der Waals surface area contributed by atoms with Gasteiger partial charge in [-0.3, -0.25) is 0 Å². The van der Waals surface area contributed by atoms with Crippen molar-refractivity contribution in [2.24, 2.45) is 5.73 Å². The molecule has 0 unspecified atom stereocenters. The highest BCUT2D eigenvalue weighted by molar-refractivity contribution is 9.10. The summed E-state index contributed by atoms with van der Waals surface area (Å²) < 4.78 is 12.2. The number of halogens is 2. The van der Waals surface area contributed by atoms with Gasteiger partial charge in [0, 0.05) is 4.47 Å². The van der Waals surface area contributed by atoms with Crippen LogP contribution in [0.4, 0.5) is 0 Å². The van der Waals surface area contributed by atoms with E-state index in [2.05, 4.69) is 15.9 Å². The third kappa shape index (κ3) is 3.67. The largest absolute Gasteiger partial charge is 0.493 e. The van der Waals surface area contributed by atoms with E-state index in [1.54, 1.807) is 18.4 Å². The molecule has 0 aliphatic rings. The molecule has 0 amide bonds. The second-order valence-corrected chi connectivity index (χ2v) is 6.39. The average molecular weight is 377 g/mol. The Morgan fingerprint density at radius 1 is 1.40 bits per heavy atom. The zero-order valence-electron chi connectivity index (χ0n) is 11.0. The van der Waals surface area contributed by atoms with Crippen LogP contribution in [0.2, 0.25) is 5.02 Å². The fraction of sp³-hybridized carbons (Fsp3) is 0.286. The fourth-order valence-corrected chi connectivity index (χ4v) is 3.46. The lowest BCUT2D eigenvalue weighted by Crippen LogP contribution is -2.04. The van der Waals surface area contributed by atoms with Gasteiger partial charge in [-0.1, -0.05) is 11.6 Å². The fourth-order valence-electron chi connectivity index (χ4n) is 1.79. The molecule has 6 heteroatoms. The van der Waals surface area contributed by atoms with Gasteiger partial charge in [-0.2, -0.15) is 0 Å². The predicted octanol–water partition coefficient (Wildman–Crippen LogP) is 4.25. The summed E-state index contributed by atoms with van der Waals surface area (Å²) in [6.07, 6.45) is 0.757. The Balaban J connectivity index is 2.20. The molecule has 3 nitrogen and oxygen atoms in total. The van der Waals surface area contributed by atoms with E-state index in [9.17, 15) is 0 Å². The first kappa shape index (κ1) is 15.6. The maximum absolute atomic E-state index is 6.27. The Labute approximate surface area is 135 Å². The molecule has 0 atom stereocenters. The van der Waals surface area contributed by atoms with E-state index in [1.165, 1.54) is 0 Å². The summed E-state index contributed by atoms with van der Waals surface area (Å²) >= 11 is 11.4. The molecular formula is C14H15BrClNO2S. The maximum Gasteiger partial charge on any atom is 0.180 e. The molecule has 20 heavy (non-hydrogen) atoms. The molecule has 2 rings (SSSR count). The van der Waals surface area contributed by atoms with Crippen LogP contribution >= 0.6 is 38.9 Å². The monoisotopic (exact) mass is 375 g/mol. The van der Waals surface area contributed by atoms with E-state index in [0.29, 0.717) is 29.7 Å². The SMILES string of the molecule is COc1cc(CCN)cc(Cl)c1OCc1sccc1Br. The van der Waals surface area contributed by atoms with Crippen LogP contribution in [0.3, 0.4) is 0 Å². The Bertz CT molecular complexity index is 589. The number of hydrogen-bond donors (Lipinski definition) is 1. The van der Waals surface area contributed by atoms with Gasteiger partial charge < -0.3 is 15.2 Å². The van der Waals surface area contributed by atoms with Crippen LogP contribution in [0.25, 0.3) is 0 Å². The van der Waals surface area contributed by atoms with Crippen molar-refractivity contribution in [3.63, 3.8) is 0 Å². The molecule has 0 spiro atoms. The molecule has 0 aliphatic heterocycles. The quantitative estimate of drug-likeness (QED) is 0.819. The van der Waals surface area contributed by atoms with Crippen LogP contribution in [0.1, 0.15) is 10.4 Å². The Hall–Kier alpha value is -0.750. The lowest BCUT2D eigenvalue weighted by molar-refractivity contribution is 0.287. The third-order valence-electron chi connectivity index (χ3n) is 2.76. The topological polar surface area (TPSA) is 44.5 Å². The molecule has 1 aromatic carbocycles. The first-order valence-electron chi connectivity index (χ1n) is 6.07. The summed E-state index contributed by atoms with van der Waals surface area (Å²) in [5.41, 5.74) is 6.60. The van der Waals surface area contributed by atoms with Crippen molar-refractivity contribution in [2.45, 2.75) is 13.0 Å².